The van der Waals surface area contributed by atoms with Gasteiger partial charge in [-0.3, -0.25) is 0 Å². The molecule has 1 aromatic heterocycles. The zero-order valence-electron chi connectivity index (χ0n) is 16.5. The van der Waals surface area contributed by atoms with Gasteiger partial charge >= 0.3 is 0 Å². The lowest BCUT2D eigenvalue weighted by Crippen LogP contribution is -2.22. The summed E-state index contributed by atoms with van der Waals surface area (Å²) in [7, 11) is -0.511. The fourth-order valence-corrected chi connectivity index (χ4v) is 3.94. The standard InChI is InChI=1S/C20H25FN4O2S/c1-5-10-25-19-9-8-16(28(26,27)24(3)4)12-18(19)23-20(25)13-22-15-7-6-14(2)17(21)11-15/h6-9,11-12,22H,5,10,13H2,1-4H3. The van der Waals surface area contributed by atoms with Crippen LogP contribution in [0.25, 0.3) is 11.0 Å². The molecule has 0 aliphatic carbocycles. The molecule has 3 rings (SSSR count). The van der Waals surface area contributed by atoms with Crippen LogP contribution in [0.1, 0.15) is 24.7 Å². The number of fused-ring (bicyclic) bond motifs is 1. The second kappa shape index (κ2) is 7.89. The van der Waals surface area contributed by atoms with Crippen molar-refractivity contribution in [3.05, 3.63) is 53.6 Å². The highest BCUT2D eigenvalue weighted by molar-refractivity contribution is 7.89. The molecule has 0 unspecified atom stereocenters. The number of aryl methyl sites for hydroxylation is 2. The van der Waals surface area contributed by atoms with Crippen molar-refractivity contribution in [1.29, 1.82) is 0 Å². The highest BCUT2D eigenvalue weighted by Crippen LogP contribution is 2.23. The van der Waals surface area contributed by atoms with Gasteiger partial charge in [-0.05, 0) is 49.2 Å². The summed E-state index contributed by atoms with van der Waals surface area (Å²) in [5.74, 6) is 0.517. The Bertz CT molecular complexity index is 1110. The molecule has 8 heteroatoms. The summed E-state index contributed by atoms with van der Waals surface area (Å²) in [6, 6.07) is 10.0. The summed E-state index contributed by atoms with van der Waals surface area (Å²) < 4.78 is 41.8. The van der Waals surface area contributed by atoms with E-state index in [-0.39, 0.29) is 10.7 Å². The molecular weight excluding hydrogens is 379 g/mol. The van der Waals surface area contributed by atoms with Gasteiger partial charge in [0.05, 0.1) is 22.5 Å². The van der Waals surface area contributed by atoms with Crippen LogP contribution >= 0.6 is 0 Å². The average Bonchev–Trinajstić information content (AvgIpc) is 3.00. The van der Waals surface area contributed by atoms with Crippen molar-refractivity contribution in [2.24, 2.45) is 0 Å². The van der Waals surface area contributed by atoms with Gasteiger partial charge in [-0.25, -0.2) is 22.1 Å². The maximum Gasteiger partial charge on any atom is 0.242 e. The van der Waals surface area contributed by atoms with Crippen molar-refractivity contribution >= 4 is 26.7 Å². The third kappa shape index (κ3) is 3.88. The van der Waals surface area contributed by atoms with Gasteiger partial charge in [-0.15, -0.1) is 0 Å². The van der Waals surface area contributed by atoms with E-state index in [1.807, 2.05) is 6.07 Å². The maximum absolute atomic E-state index is 13.8. The Morgan fingerprint density at radius 2 is 1.93 bits per heavy atom. The topological polar surface area (TPSA) is 67.2 Å². The second-order valence-electron chi connectivity index (χ2n) is 6.94. The van der Waals surface area contributed by atoms with Crippen molar-refractivity contribution < 1.29 is 12.8 Å². The van der Waals surface area contributed by atoms with Gasteiger partial charge in [0.1, 0.15) is 11.6 Å². The molecule has 3 aromatic rings. The van der Waals surface area contributed by atoms with Crippen LogP contribution in [0.4, 0.5) is 10.1 Å². The number of nitrogens with zero attached hydrogens (tertiary/aromatic N) is 3. The number of benzene rings is 2. The molecule has 0 spiro atoms. The molecule has 1 heterocycles. The number of hydrogen-bond acceptors (Lipinski definition) is 4. The molecule has 6 nitrogen and oxygen atoms in total. The molecule has 0 aliphatic rings. The number of halogens is 1. The molecule has 1 N–H and O–H groups in total. The molecule has 0 saturated carbocycles. The van der Waals surface area contributed by atoms with Crippen molar-refractivity contribution in [2.45, 2.75) is 38.3 Å². The van der Waals surface area contributed by atoms with Crippen LogP contribution in [0.3, 0.4) is 0 Å². The number of rotatable bonds is 7. The van der Waals surface area contributed by atoms with Gasteiger partial charge < -0.3 is 9.88 Å². The van der Waals surface area contributed by atoms with Crippen LogP contribution in [-0.4, -0.2) is 36.4 Å². The Hall–Kier alpha value is -2.45. The van der Waals surface area contributed by atoms with Crippen LogP contribution in [0, 0.1) is 12.7 Å². The smallest absolute Gasteiger partial charge is 0.242 e. The van der Waals surface area contributed by atoms with Gasteiger partial charge in [-0.2, -0.15) is 0 Å². The quantitative estimate of drug-likeness (QED) is 0.651. The normalized spacial score (nSPS) is 12.1. The predicted octanol–water partition coefficient (Wildman–Crippen LogP) is 3.76. The first-order valence-electron chi connectivity index (χ1n) is 9.15. The number of anilines is 1. The van der Waals surface area contributed by atoms with Gasteiger partial charge in [0.2, 0.25) is 10.0 Å². The first kappa shape index (κ1) is 20.3. The Morgan fingerprint density at radius 1 is 1.18 bits per heavy atom. The Morgan fingerprint density at radius 3 is 2.57 bits per heavy atom. The summed E-state index contributed by atoms with van der Waals surface area (Å²) >= 11 is 0. The van der Waals surface area contributed by atoms with E-state index in [9.17, 15) is 12.8 Å². The highest BCUT2D eigenvalue weighted by Gasteiger charge is 2.19. The molecular formula is C20H25FN4O2S. The minimum absolute atomic E-state index is 0.214. The molecule has 0 aliphatic heterocycles. The fourth-order valence-electron chi connectivity index (χ4n) is 3.02. The molecule has 0 bridgehead atoms. The lowest BCUT2D eigenvalue weighted by Gasteiger charge is -2.12. The summed E-state index contributed by atoms with van der Waals surface area (Å²) in [4.78, 5) is 4.86. The highest BCUT2D eigenvalue weighted by atomic mass is 32.2. The largest absolute Gasteiger partial charge is 0.378 e. The Kier molecular flexibility index (Phi) is 5.71. The van der Waals surface area contributed by atoms with E-state index in [0.717, 1.165) is 24.3 Å². The predicted molar refractivity (Wildman–Crippen MR) is 109 cm³/mol. The van der Waals surface area contributed by atoms with E-state index in [2.05, 4.69) is 21.8 Å². The maximum atomic E-state index is 13.8. The average molecular weight is 405 g/mol. The number of hydrogen-bond donors (Lipinski definition) is 1. The summed E-state index contributed by atoms with van der Waals surface area (Å²) in [5, 5.41) is 3.20. The van der Waals surface area contributed by atoms with E-state index < -0.39 is 10.0 Å². The molecule has 0 atom stereocenters. The summed E-state index contributed by atoms with van der Waals surface area (Å²) in [6.07, 6.45) is 0.912. The molecule has 2 aromatic carbocycles. The van der Waals surface area contributed by atoms with Crippen LogP contribution in [-0.2, 0) is 23.1 Å². The van der Waals surface area contributed by atoms with Gasteiger partial charge in [0, 0.05) is 26.3 Å². The monoisotopic (exact) mass is 404 g/mol. The minimum atomic E-state index is -3.52. The SMILES string of the molecule is CCCn1c(CNc2ccc(C)c(F)c2)nc2cc(S(=O)(=O)N(C)C)ccc21. The molecule has 150 valence electrons. The Balaban J connectivity index is 1.96. The van der Waals surface area contributed by atoms with Crippen molar-refractivity contribution in [3.8, 4) is 0 Å². The summed E-state index contributed by atoms with van der Waals surface area (Å²) in [6.45, 7) is 4.96. The first-order valence-corrected chi connectivity index (χ1v) is 10.6. The van der Waals surface area contributed by atoms with Crippen LogP contribution < -0.4 is 5.32 Å². The van der Waals surface area contributed by atoms with Crippen molar-refractivity contribution in [1.82, 2.24) is 13.9 Å². The first-order chi connectivity index (χ1) is 13.2. The van der Waals surface area contributed by atoms with E-state index in [4.69, 9.17) is 0 Å². The van der Waals surface area contributed by atoms with Crippen LogP contribution in [0.2, 0.25) is 0 Å². The van der Waals surface area contributed by atoms with E-state index in [1.165, 1.54) is 24.5 Å². The third-order valence-corrected chi connectivity index (χ3v) is 6.46. The van der Waals surface area contributed by atoms with Crippen molar-refractivity contribution in [2.75, 3.05) is 19.4 Å². The van der Waals surface area contributed by atoms with E-state index in [0.29, 0.717) is 23.3 Å². The fraction of sp³-hybridized carbons (Fsp3) is 0.350. The van der Waals surface area contributed by atoms with Crippen LogP contribution in [0.5, 0.6) is 0 Å². The second-order valence-corrected chi connectivity index (χ2v) is 9.09. The van der Waals surface area contributed by atoms with E-state index >= 15 is 0 Å². The number of nitrogens with one attached hydrogen (secondary N) is 1. The summed E-state index contributed by atoms with van der Waals surface area (Å²) in [5.41, 5.74) is 2.78. The lowest BCUT2D eigenvalue weighted by molar-refractivity contribution is 0.521. The lowest BCUT2D eigenvalue weighted by atomic mass is 10.2. The number of aromatic nitrogens is 2. The molecule has 28 heavy (non-hydrogen) atoms. The van der Waals surface area contributed by atoms with Gasteiger partial charge in [0.15, 0.2) is 0 Å². The zero-order valence-corrected chi connectivity index (χ0v) is 17.3. The number of imidazole rings is 1. The molecule has 0 radical (unpaired) electrons. The zero-order chi connectivity index (χ0) is 20.5. The van der Waals surface area contributed by atoms with Crippen LogP contribution in [0.15, 0.2) is 41.3 Å². The number of sulfonamides is 1. The Labute approximate surface area is 165 Å². The van der Waals surface area contributed by atoms with Crippen molar-refractivity contribution in [3.63, 3.8) is 0 Å². The molecule has 0 saturated heterocycles. The third-order valence-electron chi connectivity index (χ3n) is 4.65. The molecule has 0 amide bonds. The van der Waals surface area contributed by atoms with Gasteiger partial charge in [-0.1, -0.05) is 13.0 Å². The van der Waals surface area contributed by atoms with Gasteiger partial charge in [0.25, 0.3) is 0 Å². The molecule has 0 fully saturated rings. The minimum Gasteiger partial charge on any atom is -0.378 e. The van der Waals surface area contributed by atoms with E-state index in [1.54, 1.807) is 31.2 Å².